The molecular weight excluding hydrogens is 814 g/mol. The lowest BCUT2D eigenvalue weighted by molar-refractivity contribution is 0.0214. The Hall–Kier alpha value is -6.68. The van der Waals surface area contributed by atoms with Crippen LogP contribution in [0, 0.1) is 0 Å². The van der Waals surface area contributed by atoms with Crippen LogP contribution >= 0.6 is 15.6 Å². The number of hydrogen-bond donors (Lipinski definition) is 8. The molecule has 300 valence electrons. The average Bonchev–Trinajstić information content (AvgIpc) is 3.61. The van der Waals surface area contributed by atoms with Gasteiger partial charge in [-0.15, -0.1) is 0 Å². The molecule has 6 aromatic rings. The molecule has 0 saturated heterocycles. The van der Waals surface area contributed by atoms with Gasteiger partial charge in [-0.25, -0.2) is 18.7 Å². The summed E-state index contributed by atoms with van der Waals surface area (Å²) in [6.45, 7) is 0. The second-order valence-electron chi connectivity index (χ2n) is 13.2. The van der Waals surface area contributed by atoms with Crippen molar-refractivity contribution in [3.8, 4) is 46.0 Å². The maximum absolute atomic E-state index is 12.5. The SMILES string of the molecule is O=C1OC2(c3ccc(O)cc3Oc3cc(O)ccc32)c2ccccc21.O=C1OC2(c3ccc(O)cc3Oc3cc(O)ccc32)c2ccccc21.O=P(O)(O)OP(=O)(O)O. The van der Waals surface area contributed by atoms with E-state index in [9.17, 15) is 39.1 Å². The van der Waals surface area contributed by atoms with E-state index in [0.29, 0.717) is 67.5 Å². The summed E-state index contributed by atoms with van der Waals surface area (Å²) in [7, 11) is -10.1. The molecule has 0 aliphatic carbocycles. The van der Waals surface area contributed by atoms with Crippen molar-refractivity contribution in [1.29, 1.82) is 0 Å². The summed E-state index contributed by atoms with van der Waals surface area (Å²) in [6, 6.07) is 33.2. The molecule has 8 N–H and O–H groups in total. The topological polar surface area (TPSA) is 276 Å². The van der Waals surface area contributed by atoms with Crippen LogP contribution in [0.15, 0.2) is 121 Å². The van der Waals surface area contributed by atoms with E-state index in [-0.39, 0.29) is 23.0 Å². The van der Waals surface area contributed by atoms with Crippen LogP contribution in [0.4, 0.5) is 0 Å². The molecule has 4 aliphatic rings. The van der Waals surface area contributed by atoms with Gasteiger partial charge in [-0.1, -0.05) is 36.4 Å². The number of fused-ring (bicyclic) bond motifs is 12. The first kappa shape index (κ1) is 39.2. The number of hydrogen-bond acceptors (Lipinski definition) is 13. The molecule has 0 bridgehead atoms. The zero-order valence-electron chi connectivity index (χ0n) is 29.7. The smallest absolute Gasteiger partial charge is 0.478 e. The van der Waals surface area contributed by atoms with E-state index in [1.54, 1.807) is 48.5 Å². The molecule has 10 rings (SSSR count). The van der Waals surface area contributed by atoms with Crippen LogP contribution in [0.25, 0.3) is 0 Å². The lowest BCUT2D eigenvalue weighted by atomic mass is 9.77. The van der Waals surface area contributed by atoms with Gasteiger partial charge in [-0.3, -0.25) is 0 Å². The van der Waals surface area contributed by atoms with E-state index in [4.69, 9.17) is 38.5 Å². The first-order chi connectivity index (χ1) is 27.9. The van der Waals surface area contributed by atoms with Gasteiger partial charge in [0.1, 0.15) is 46.0 Å². The lowest BCUT2D eigenvalue weighted by Crippen LogP contribution is -2.32. The molecule has 4 heterocycles. The van der Waals surface area contributed by atoms with Crippen molar-refractivity contribution in [2.24, 2.45) is 0 Å². The second kappa shape index (κ2) is 14.0. The summed E-state index contributed by atoms with van der Waals surface area (Å²) in [5, 5.41) is 39.3. The molecule has 0 fully saturated rings. The third-order valence-corrected chi connectivity index (χ3v) is 11.3. The Bertz CT molecular complexity index is 2530. The maximum Gasteiger partial charge on any atom is 0.478 e. The molecule has 59 heavy (non-hydrogen) atoms. The van der Waals surface area contributed by atoms with Crippen LogP contribution in [0.1, 0.15) is 54.1 Å². The summed E-state index contributed by atoms with van der Waals surface area (Å²) in [5.74, 6) is 0.817. The predicted molar refractivity (Wildman–Crippen MR) is 201 cm³/mol. The highest BCUT2D eigenvalue weighted by Gasteiger charge is 2.55. The Morgan fingerprint density at radius 3 is 0.983 bits per heavy atom. The van der Waals surface area contributed by atoms with Crippen LogP contribution in [-0.2, 0) is 34.1 Å². The van der Waals surface area contributed by atoms with E-state index in [2.05, 4.69) is 4.31 Å². The fraction of sp³-hybridized carbons (Fsp3) is 0.0500. The highest BCUT2D eigenvalue weighted by Crippen LogP contribution is 2.59. The summed E-state index contributed by atoms with van der Waals surface area (Å²) in [6.07, 6.45) is 0. The second-order valence-corrected chi connectivity index (χ2v) is 15.8. The molecule has 17 nitrogen and oxygen atoms in total. The van der Waals surface area contributed by atoms with Crippen molar-refractivity contribution in [2.75, 3.05) is 0 Å². The van der Waals surface area contributed by atoms with Gasteiger partial charge >= 0.3 is 27.6 Å². The number of carbonyl (C=O) groups is 2. The fourth-order valence-corrected chi connectivity index (χ4v) is 8.55. The number of benzene rings is 6. The van der Waals surface area contributed by atoms with Crippen molar-refractivity contribution in [3.63, 3.8) is 0 Å². The minimum Gasteiger partial charge on any atom is -0.508 e. The van der Waals surface area contributed by atoms with Crippen LogP contribution in [-0.4, -0.2) is 51.9 Å². The summed E-state index contributed by atoms with van der Waals surface area (Å²) in [4.78, 5) is 56.1. The van der Waals surface area contributed by atoms with Gasteiger partial charge < -0.3 is 58.9 Å². The van der Waals surface area contributed by atoms with E-state index in [0.717, 1.165) is 0 Å². The minimum absolute atomic E-state index is 0.0371. The first-order valence-corrected chi connectivity index (χ1v) is 20.1. The zero-order valence-corrected chi connectivity index (χ0v) is 31.5. The Balaban J connectivity index is 0.000000137. The fourth-order valence-electron chi connectivity index (χ4n) is 7.45. The number of phosphoric acid groups is 2. The molecule has 2 spiro atoms. The van der Waals surface area contributed by atoms with E-state index < -0.39 is 38.8 Å². The van der Waals surface area contributed by atoms with Gasteiger partial charge in [0.15, 0.2) is 11.2 Å². The molecular formula is C40H28O17P2. The summed E-state index contributed by atoms with van der Waals surface area (Å²) >= 11 is 0. The molecule has 6 aromatic carbocycles. The lowest BCUT2D eigenvalue weighted by Gasteiger charge is -2.36. The number of carbonyl (C=O) groups excluding carboxylic acids is 2. The van der Waals surface area contributed by atoms with E-state index in [1.807, 2.05) is 24.3 Å². The molecule has 0 amide bonds. The molecule has 0 radical (unpaired) electrons. The number of phenolic OH excluding ortho intramolecular Hbond substituents is 4. The molecule has 0 aromatic heterocycles. The summed E-state index contributed by atoms with van der Waals surface area (Å²) < 4.78 is 45.8. The largest absolute Gasteiger partial charge is 0.508 e. The van der Waals surface area contributed by atoms with Crippen molar-refractivity contribution < 1.29 is 82.0 Å². The Morgan fingerprint density at radius 2 is 0.712 bits per heavy atom. The van der Waals surface area contributed by atoms with Gasteiger partial charge in [0.05, 0.1) is 11.1 Å². The third-order valence-electron chi connectivity index (χ3n) is 9.57. The molecule has 0 saturated carbocycles. The molecule has 0 unspecified atom stereocenters. The molecule has 4 aliphatic heterocycles. The Morgan fingerprint density at radius 1 is 0.424 bits per heavy atom. The van der Waals surface area contributed by atoms with Gasteiger partial charge in [-0.2, -0.15) is 4.31 Å². The Kier molecular flexibility index (Phi) is 9.30. The van der Waals surface area contributed by atoms with E-state index in [1.165, 1.54) is 48.5 Å². The highest BCUT2D eigenvalue weighted by atomic mass is 31.3. The predicted octanol–water partition coefficient (Wildman–Crippen LogP) is 6.52. The highest BCUT2D eigenvalue weighted by molar-refractivity contribution is 7.60. The zero-order chi connectivity index (χ0) is 42.1. The van der Waals surface area contributed by atoms with Crippen molar-refractivity contribution >= 4 is 27.6 Å². The van der Waals surface area contributed by atoms with Crippen LogP contribution in [0.5, 0.6) is 46.0 Å². The normalized spacial score (nSPS) is 15.5. The summed E-state index contributed by atoms with van der Waals surface area (Å²) in [5.41, 5.74) is 2.57. The standard InChI is InChI=1S/2C20H12O5.H4O7P2/c2*21-11-5-7-15-17(9-11)24-18-10-12(22)6-8-16(18)20(15)14-4-2-1-3-13(14)19(23)25-20;1-8(2,3)7-9(4,5)6/h2*1-10,21-22H;(H2,1,2,3)(H2,4,5,6). The monoisotopic (exact) mass is 842 g/mol. The quantitative estimate of drug-likeness (QED) is 0.0680. The Labute approximate surface area is 332 Å². The van der Waals surface area contributed by atoms with Gasteiger partial charge in [0, 0.05) is 57.6 Å². The van der Waals surface area contributed by atoms with Crippen molar-refractivity contribution in [1.82, 2.24) is 0 Å². The van der Waals surface area contributed by atoms with Gasteiger partial charge in [0.2, 0.25) is 0 Å². The van der Waals surface area contributed by atoms with Crippen LogP contribution < -0.4 is 9.47 Å². The van der Waals surface area contributed by atoms with E-state index >= 15 is 0 Å². The third kappa shape index (κ3) is 6.82. The average molecular weight is 843 g/mol. The minimum atomic E-state index is -5.05. The molecule has 0 atom stereocenters. The number of phenols is 4. The van der Waals surface area contributed by atoms with Crippen molar-refractivity contribution in [3.05, 3.63) is 166 Å². The molecule has 19 heteroatoms. The number of esters is 2. The number of rotatable bonds is 2. The number of aromatic hydroxyl groups is 4. The van der Waals surface area contributed by atoms with Crippen LogP contribution in [0.2, 0.25) is 0 Å². The number of ether oxygens (including phenoxy) is 4. The van der Waals surface area contributed by atoms with Crippen LogP contribution in [0.3, 0.4) is 0 Å². The maximum atomic E-state index is 12.5. The van der Waals surface area contributed by atoms with Crippen molar-refractivity contribution in [2.45, 2.75) is 11.2 Å². The van der Waals surface area contributed by atoms with Gasteiger partial charge in [-0.05, 0) is 60.7 Å². The van der Waals surface area contributed by atoms with Gasteiger partial charge in [0.25, 0.3) is 0 Å². The first-order valence-electron chi connectivity index (χ1n) is 17.1.